The van der Waals surface area contributed by atoms with Crippen LogP contribution in [0.2, 0.25) is 0 Å². The highest BCUT2D eigenvalue weighted by Gasteiger charge is 2.16. The van der Waals surface area contributed by atoms with Gasteiger partial charge >= 0.3 is 0 Å². The molecule has 2 fully saturated rings. The first kappa shape index (κ1) is 17.0. The van der Waals surface area contributed by atoms with E-state index in [-0.39, 0.29) is 24.0 Å². The van der Waals surface area contributed by atoms with Crippen LogP contribution >= 0.6 is 24.0 Å². The van der Waals surface area contributed by atoms with Gasteiger partial charge in [0.25, 0.3) is 0 Å². The van der Waals surface area contributed by atoms with Crippen LogP contribution in [-0.2, 0) is 4.74 Å². The van der Waals surface area contributed by atoms with Gasteiger partial charge in [-0.2, -0.15) is 0 Å². The lowest BCUT2D eigenvalue weighted by Crippen LogP contribution is -2.34. The predicted octanol–water partition coefficient (Wildman–Crippen LogP) is 2.66. The summed E-state index contributed by atoms with van der Waals surface area (Å²) in [6.07, 6.45) is 10.7. The third kappa shape index (κ3) is 6.79. The van der Waals surface area contributed by atoms with Crippen molar-refractivity contribution in [3.63, 3.8) is 0 Å². The number of nitrogens with zero attached hydrogens (tertiary/aromatic N) is 1. The summed E-state index contributed by atoms with van der Waals surface area (Å²) < 4.78 is 5.79. The molecule has 2 rings (SSSR count). The summed E-state index contributed by atoms with van der Waals surface area (Å²) in [4.78, 5) is 4.36. The Bertz CT molecular complexity index is 263. The van der Waals surface area contributed by atoms with Crippen molar-refractivity contribution in [3.05, 3.63) is 0 Å². The van der Waals surface area contributed by atoms with Crippen LogP contribution in [0.25, 0.3) is 0 Å². The molecule has 4 nitrogen and oxygen atoms in total. The van der Waals surface area contributed by atoms with Gasteiger partial charge in [0.15, 0.2) is 5.96 Å². The lowest BCUT2D eigenvalue weighted by Gasteiger charge is -2.23. The third-order valence-electron chi connectivity index (χ3n) is 4.03. The fraction of sp³-hybridized carbons (Fsp3) is 0.929. The second-order valence-corrected chi connectivity index (χ2v) is 5.58. The fourth-order valence-corrected chi connectivity index (χ4v) is 2.55. The summed E-state index contributed by atoms with van der Waals surface area (Å²) in [5.74, 6) is 1.39. The van der Waals surface area contributed by atoms with Crippen molar-refractivity contribution in [3.8, 4) is 0 Å². The first-order chi connectivity index (χ1) is 8.84. The summed E-state index contributed by atoms with van der Waals surface area (Å²) in [7, 11) is 0. The Hall–Kier alpha value is -0.0400. The molecule has 0 heterocycles. The number of nitrogens with one attached hydrogen (secondary N) is 1. The van der Waals surface area contributed by atoms with Crippen LogP contribution in [-0.4, -0.2) is 31.8 Å². The van der Waals surface area contributed by atoms with Crippen molar-refractivity contribution in [1.82, 2.24) is 5.32 Å². The molecule has 0 unspecified atom stereocenters. The van der Waals surface area contributed by atoms with Crippen molar-refractivity contribution in [2.45, 2.75) is 57.5 Å². The van der Waals surface area contributed by atoms with Gasteiger partial charge in [0.2, 0.25) is 0 Å². The highest BCUT2D eigenvalue weighted by Crippen LogP contribution is 2.26. The highest BCUT2D eigenvalue weighted by molar-refractivity contribution is 14.0. The van der Waals surface area contributed by atoms with Crippen molar-refractivity contribution in [2.24, 2.45) is 16.6 Å². The summed E-state index contributed by atoms with van der Waals surface area (Å²) in [6.45, 7) is 2.61. The minimum atomic E-state index is 0. The van der Waals surface area contributed by atoms with E-state index in [1.165, 1.54) is 44.9 Å². The van der Waals surface area contributed by atoms with Gasteiger partial charge in [-0.1, -0.05) is 19.3 Å². The first-order valence-corrected chi connectivity index (χ1v) is 7.50. The zero-order chi connectivity index (χ0) is 12.6. The number of nitrogens with two attached hydrogens (primary N) is 1. The molecule has 3 N–H and O–H groups in total. The molecule has 19 heavy (non-hydrogen) atoms. The molecular weight excluding hydrogens is 353 g/mol. The van der Waals surface area contributed by atoms with E-state index in [2.05, 4.69) is 10.3 Å². The third-order valence-corrected chi connectivity index (χ3v) is 4.03. The van der Waals surface area contributed by atoms with Gasteiger partial charge in [0.05, 0.1) is 6.10 Å². The van der Waals surface area contributed by atoms with E-state index in [0.29, 0.717) is 12.1 Å². The number of halogens is 1. The number of hydrogen-bond acceptors (Lipinski definition) is 2. The molecule has 2 saturated carbocycles. The first-order valence-electron chi connectivity index (χ1n) is 7.50. The minimum absolute atomic E-state index is 0. The number of guanidine groups is 1. The predicted molar refractivity (Wildman–Crippen MR) is 90.1 cm³/mol. The summed E-state index contributed by atoms with van der Waals surface area (Å²) in [5.41, 5.74) is 5.80. The Labute approximate surface area is 134 Å². The molecule has 0 amide bonds. The van der Waals surface area contributed by atoms with E-state index in [1.54, 1.807) is 0 Å². The average Bonchev–Trinajstić information content (AvgIpc) is 2.79. The maximum atomic E-state index is 5.80. The minimum Gasteiger partial charge on any atom is -0.378 e. The molecule has 2 aliphatic rings. The maximum Gasteiger partial charge on any atom is 0.188 e. The Kier molecular flexibility index (Phi) is 8.77. The SMILES string of the molecule is I.NC(=NCC1CCC1)NCCCOC1CCCC1. The maximum absolute atomic E-state index is 5.80. The van der Waals surface area contributed by atoms with E-state index in [0.717, 1.165) is 32.0 Å². The second-order valence-electron chi connectivity index (χ2n) is 5.58. The Morgan fingerprint density at radius 2 is 1.89 bits per heavy atom. The zero-order valence-electron chi connectivity index (χ0n) is 11.8. The number of aliphatic imine (C=N–C) groups is 1. The quantitative estimate of drug-likeness (QED) is 0.309. The van der Waals surface area contributed by atoms with Gasteiger partial charge in [-0.3, -0.25) is 4.99 Å². The smallest absolute Gasteiger partial charge is 0.188 e. The highest BCUT2D eigenvalue weighted by atomic mass is 127. The van der Waals surface area contributed by atoms with Crippen molar-refractivity contribution < 1.29 is 4.74 Å². The topological polar surface area (TPSA) is 59.6 Å². The molecule has 0 aromatic rings. The number of hydrogen-bond donors (Lipinski definition) is 2. The summed E-state index contributed by atoms with van der Waals surface area (Å²) in [6, 6.07) is 0. The molecule has 2 aliphatic carbocycles. The monoisotopic (exact) mass is 381 g/mol. The van der Waals surface area contributed by atoms with E-state index in [9.17, 15) is 0 Å². The van der Waals surface area contributed by atoms with Gasteiger partial charge in [0, 0.05) is 19.7 Å². The Morgan fingerprint density at radius 1 is 1.16 bits per heavy atom. The lowest BCUT2D eigenvalue weighted by molar-refractivity contribution is 0.0574. The van der Waals surface area contributed by atoms with E-state index >= 15 is 0 Å². The van der Waals surface area contributed by atoms with Crippen LogP contribution in [0.1, 0.15) is 51.4 Å². The molecule has 0 radical (unpaired) electrons. The normalized spacial score (nSPS) is 20.9. The van der Waals surface area contributed by atoms with Gasteiger partial charge in [-0.15, -0.1) is 24.0 Å². The van der Waals surface area contributed by atoms with Crippen molar-refractivity contribution >= 4 is 29.9 Å². The largest absolute Gasteiger partial charge is 0.378 e. The number of ether oxygens (including phenoxy) is 1. The molecule has 0 aliphatic heterocycles. The zero-order valence-corrected chi connectivity index (χ0v) is 14.1. The summed E-state index contributed by atoms with van der Waals surface area (Å²) in [5, 5.41) is 3.16. The van der Waals surface area contributed by atoms with E-state index < -0.39 is 0 Å². The van der Waals surface area contributed by atoms with Crippen LogP contribution in [0.4, 0.5) is 0 Å². The van der Waals surface area contributed by atoms with E-state index in [1.807, 2.05) is 0 Å². The molecule has 0 bridgehead atoms. The molecule has 0 aromatic carbocycles. The molecule has 0 atom stereocenters. The average molecular weight is 381 g/mol. The molecule has 0 aromatic heterocycles. The molecule has 112 valence electrons. The standard InChI is InChI=1S/C14H27N3O.HI/c15-14(17-11-12-5-3-6-12)16-9-4-10-18-13-7-1-2-8-13;/h12-13H,1-11H2,(H3,15,16,17);1H. The van der Waals surface area contributed by atoms with Crippen LogP contribution in [0.3, 0.4) is 0 Å². The molecule has 0 saturated heterocycles. The second kappa shape index (κ2) is 9.80. The summed E-state index contributed by atoms with van der Waals surface area (Å²) >= 11 is 0. The van der Waals surface area contributed by atoms with Crippen LogP contribution < -0.4 is 11.1 Å². The van der Waals surface area contributed by atoms with Gasteiger partial charge in [0.1, 0.15) is 0 Å². The molecule has 5 heteroatoms. The fourth-order valence-electron chi connectivity index (χ4n) is 2.55. The van der Waals surface area contributed by atoms with Crippen LogP contribution in [0.5, 0.6) is 0 Å². The van der Waals surface area contributed by atoms with Crippen molar-refractivity contribution in [1.29, 1.82) is 0 Å². The van der Waals surface area contributed by atoms with Crippen LogP contribution in [0.15, 0.2) is 4.99 Å². The Balaban J connectivity index is 0.00000180. The van der Waals surface area contributed by atoms with Gasteiger partial charge in [-0.05, 0) is 38.0 Å². The van der Waals surface area contributed by atoms with Crippen LogP contribution in [0, 0.1) is 5.92 Å². The molecular formula is C14H28IN3O. The molecule has 0 spiro atoms. The lowest BCUT2D eigenvalue weighted by atomic mass is 9.86. The number of rotatable bonds is 7. The van der Waals surface area contributed by atoms with Gasteiger partial charge in [-0.25, -0.2) is 0 Å². The Morgan fingerprint density at radius 3 is 2.53 bits per heavy atom. The van der Waals surface area contributed by atoms with E-state index in [4.69, 9.17) is 10.5 Å². The van der Waals surface area contributed by atoms with Crippen molar-refractivity contribution in [2.75, 3.05) is 19.7 Å². The van der Waals surface area contributed by atoms with Gasteiger partial charge < -0.3 is 15.8 Å².